The predicted octanol–water partition coefficient (Wildman–Crippen LogP) is 4.55. The fraction of sp³-hybridized carbons (Fsp3) is 0.290. The zero-order valence-electron chi connectivity index (χ0n) is 22.1. The van der Waals surface area contributed by atoms with E-state index in [4.69, 9.17) is 0 Å². The van der Waals surface area contributed by atoms with Crippen molar-refractivity contribution < 1.29 is 29.2 Å². The molecule has 9 nitrogen and oxygen atoms in total. The van der Waals surface area contributed by atoms with E-state index in [-0.39, 0.29) is 41.5 Å². The number of nitrogens with zero attached hydrogens (tertiary/aromatic N) is 2. The van der Waals surface area contributed by atoms with Crippen molar-refractivity contribution in [1.29, 1.82) is 0 Å². The summed E-state index contributed by atoms with van der Waals surface area (Å²) in [5.41, 5.74) is 3.78. The van der Waals surface area contributed by atoms with Crippen LogP contribution in [0.4, 0.5) is 11.4 Å². The number of non-ortho nitro benzene ring substituents is 1. The predicted molar refractivity (Wildman–Crippen MR) is 144 cm³/mol. The SMILES string of the molecule is CC1=CC(=O)C2=C(C1=O)C(c1cc(C)c(O)c(C)c1)C1=CCC3C(=O)N(c4cccc([N+](=O)[O-])c4)C(=O)C3C1C2. The Labute approximate surface area is 229 Å². The number of benzene rings is 2. The van der Waals surface area contributed by atoms with Crippen LogP contribution >= 0.6 is 0 Å². The van der Waals surface area contributed by atoms with Crippen molar-refractivity contribution in [3.8, 4) is 5.75 Å². The van der Waals surface area contributed by atoms with Crippen molar-refractivity contribution in [3.63, 3.8) is 0 Å². The minimum absolute atomic E-state index is 0.139. The standard InChI is InChI=1S/C31H26N2O7/c1-14-9-17(10-15(2)28(14)35)25-20-7-8-21-26(22(20)13-23-24(34)11-16(3)29(36)27(23)25)31(38)32(30(21)37)18-5-4-6-19(12-18)33(39)40/h4-7,9-12,21-22,25-26,35H,8,13H2,1-3H3. The molecule has 0 bridgehead atoms. The van der Waals surface area contributed by atoms with Crippen LogP contribution < -0.4 is 4.90 Å². The Balaban J connectivity index is 1.49. The van der Waals surface area contributed by atoms with Crippen LogP contribution in [0.5, 0.6) is 5.75 Å². The average molecular weight is 539 g/mol. The summed E-state index contributed by atoms with van der Waals surface area (Å²) in [5, 5.41) is 21.8. The molecule has 6 rings (SSSR count). The molecule has 202 valence electrons. The Hall–Kier alpha value is -4.66. The highest BCUT2D eigenvalue weighted by molar-refractivity contribution is 6.25. The third kappa shape index (κ3) is 3.61. The number of carbonyl (C=O) groups excluding carboxylic acids is 4. The number of rotatable bonds is 3. The second-order valence-corrected chi connectivity index (χ2v) is 11.0. The first-order valence-corrected chi connectivity index (χ1v) is 13.1. The van der Waals surface area contributed by atoms with E-state index in [1.54, 1.807) is 32.9 Å². The maximum Gasteiger partial charge on any atom is 0.271 e. The topological polar surface area (TPSA) is 135 Å². The highest BCUT2D eigenvalue weighted by Crippen LogP contribution is 2.55. The number of anilines is 1. The van der Waals surface area contributed by atoms with Crippen LogP contribution in [0.25, 0.3) is 0 Å². The number of imide groups is 1. The van der Waals surface area contributed by atoms with Gasteiger partial charge in [-0.3, -0.25) is 29.3 Å². The van der Waals surface area contributed by atoms with E-state index in [0.29, 0.717) is 27.8 Å². The van der Waals surface area contributed by atoms with Gasteiger partial charge in [0, 0.05) is 34.8 Å². The lowest BCUT2D eigenvalue weighted by atomic mass is 9.59. The molecule has 0 saturated carbocycles. The normalized spacial score (nSPS) is 25.8. The van der Waals surface area contributed by atoms with Gasteiger partial charge in [0.2, 0.25) is 11.8 Å². The number of ketones is 2. The van der Waals surface area contributed by atoms with Crippen LogP contribution in [0.3, 0.4) is 0 Å². The molecule has 4 atom stereocenters. The minimum Gasteiger partial charge on any atom is -0.507 e. The van der Waals surface area contributed by atoms with E-state index in [2.05, 4.69) is 0 Å². The van der Waals surface area contributed by atoms with Crippen molar-refractivity contribution in [3.05, 3.63) is 97.6 Å². The number of nitro groups is 1. The molecule has 1 N–H and O–H groups in total. The summed E-state index contributed by atoms with van der Waals surface area (Å²) >= 11 is 0. The van der Waals surface area contributed by atoms with Crippen molar-refractivity contribution in [1.82, 2.24) is 0 Å². The van der Waals surface area contributed by atoms with Crippen LogP contribution in [0.1, 0.15) is 42.4 Å². The van der Waals surface area contributed by atoms with Crippen molar-refractivity contribution in [2.75, 3.05) is 4.90 Å². The molecule has 40 heavy (non-hydrogen) atoms. The first-order valence-electron chi connectivity index (χ1n) is 13.1. The molecule has 2 aromatic rings. The van der Waals surface area contributed by atoms with Gasteiger partial charge < -0.3 is 5.11 Å². The molecule has 1 saturated heterocycles. The summed E-state index contributed by atoms with van der Waals surface area (Å²) in [5.74, 6) is -3.84. The van der Waals surface area contributed by atoms with Gasteiger partial charge in [-0.25, -0.2) is 4.90 Å². The minimum atomic E-state index is -0.780. The number of aromatic hydroxyl groups is 1. The zero-order chi connectivity index (χ0) is 28.6. The Morgan fingerprint density at radius 1 is 0.975 bits per heavy atom. The summed E-state index contributed by atoms with van der Waals surface area (Å²) in [6.07, 6.45) is 3.66. The summed E-state index contributed by atoms with van der Waals surface area (Å²) in [7, 11) is 0. The van der Waals surface area contributed by atoms with Gasteiger partial charge in [0.15, 0.2) is 11.6 Å². The number of hydrogen-bond acceptors (Lipinski definition) is 7. The highest BCUT2D eigenvalue weighted by atomic mass is 16.6. The molecule has 3 aliphatic carbocycles. The van der Waals surface area contributed by atoms with Gasteiger partial charge in [0.05, 0.1) is 22.4 Å². The zero-order valence-corrected chi connectivity index (χ0v) is 22.1. The molecule has 4 aliphatic rings. The third-order valence-electron chi connectivity index (χ3n) is 8.71. The number of amides is 2. The first kappa shape index (κ1) is 25.6. The van der Waals surface area contributed by atoms with Crippen LogP contribution in [-0.4, -0.2) is 33.4 Å². The molecule has 1 aliphatic heterocycles. The summed E-state index contributed by atoms with van der Waals surface area (Å²) in [6.45, 7) is 5.14. The maximum atomic E-state index is 13.9. The second-order valence-electron chi connectivity index (χ2n) is 11.0. The number of Topliss-reactive ketones (excluding diaryl/α,β-unsaturated/α-hetero) is 1. The monoisotopic (exact) mass is 538 g/mol. The van der Waals surface area contributed by atoms with Crippen molar-refractivity contribution >= 4 is 34.8 Å². The van der Waals surface area contributed by atoms with Gasteiger partial charge >= 0.3 is 0 Å². The summed E-state index contributed by atoms with van der Waals surface area (Å²) in [6, 6.07) is 9.04. The number of phenolic OH excluding ortho intramolecular Hbond substituents is 1. The fourth-order valence-corrected chi connectivity index (χ4v) is 6.90. The van der Waals surface area contributed by atoms with Crippen LogP contribution in [0.2, 0.25) is 0 Å². The van der Waals surface area contributed by atoms with Crippen molar-refractivity contribution in [2.24, 2.45) is 17.8 Å². The molecule has 2 amide bonds. The van der Waals surface area contributed by atoms with Gasteiger partial charge in [0.1, 0.15) is 5.75 Å². The van der Waals surface area contributed by atoms with Gasteiger partial charge in [-0.15, -0.1) is 0 Å². The van der Waals surface area contributed by atoms with Crippen molar-refractivity contribution in [2.45, 2.75) is 39.5 Å². The van der Waals surface area contributed by atoms with Gasteiger partial charge in [-0.2, -0.15) is 0 Å². The number of fused-ring (bicyclic) bond motifs is 3. The van der Waals surface area contributed by atoms with E-state index in [1.807, 2.05) is 6.08 Å². The summed E-state index contributed by atoms with van der Waals surface area (Å²) < 4.78 is 0. The molecule has 2 aromatic carbocycles. The molecule has 0 aromatic heterocycles. The lowest BCUT2D eigenvalue weighted by molar-refractivity contribution is -0.384. The third-order valence-corrected chi connectivity index (χ3v) is 8.71. The number of hydrogen-bond donors (Lipinski definition) is 1. The van der Waals surface area contributed by atoms with Gasteiger partial charge in [-0.05, 0) is 68.4 Å². The van der Waals surface area contributed by atoms with Gasteiger partial charge in [-0.1, -0.05) is 29.8 Å². The molecule has 0 spiro atoms. The first-order chi connectivity index (χ1) is 19.0. The number of phenols is 1. The Morgan fingerprint density at radius 3 is 2.35 bits per heavy atom. The highest BCUT2D eigenvalue weighted by Gasteiger charge is 2.56. The molecule has 4 unspecified atom stereocenters. The Morgan fingerprint density at radius 2 is 1.68 bits per heavy atom. The number of nitro benzene ring substituents is 1. The quantitative estimate of drug-likeness (QED) is 0.199. The van der Waals surface area contributed by atoms with E-state index >= 15 is 0 Å². The van der Waals surface area contributed by atoms with E-state index < -0.39 is 40.4 Å². The Bertz CT molecular complexity index is 1650. The molecule has 1 heterocycles. The molecule has 0 radical (unpaired) electrons. The van der Waals surface area contributed by atoms with Crippen LogP contribution in [-0.2, 0) is 19.2 Å². The van der Waals surface area contributed by atoms with Crippen LogP contribution in [0.15, 0.2) is 70.8 Å². The second kappa shape index (κ2) is 8.94. The van der Waals surface area contributed by atoms with E-state index in [1.165, 1.54) is 30.3 Å². The number of allylic oxidation sites excluding steroid dienone is 6. The van der Waals surface area contributed by atoms with Gasteiger partial charge in [0.25, 0.3) is 5.69 Å². The van der Waals surface area contributed by atoms with Crippen LogP contribution in [0, 0.1) is 41.7 Å². The molecule has 1 fully saturated rings. The maximum absolute atomic E-state index is 13.9. The smallest absolute Gasteiger partial charge is 0.271 e. The molecular formula is C31H26N2O7. The fourth-order valence-electron chi connectivity index (χ4n) is 6.90. The van der Waals surface area contributed by atoms with E-state index in [9.17, 15) is 34.4 Å². The molecular weight excluding hydrogens is 512 g/mol. The Kier molecular flexibility index (Phi) is 5.72. The lowest BCUT2D eigenvalue weighted by Gasteiger charge is -2.42. The largest absolute Gasteiger partial charge is 0.507 e. The lowest BCUT2D eigenvalue weighted by Crippen LogP contribution is -2.39. The average Bonchev–Trinajstić information content (AvgIpc) is 3.18. The summed E-state index contributed by atoms with van der Waals surface area (Å²) in [4.78, 5) is 66.1. The van der Waals surface area contributed by atoms with E-state index in [0.717, 1.165) is 16.0 Å². The number of carbonyl (C=O) groups is 4. The number of aryl methyl sites for hydroxylation is 2. The molecule has 9 heteroatoms.